The van der Waals surface area contributed by atoms with Gasteiger partial charge in [0.1, 0.15) is 5.54 Å². The van der Waals surface area contributed by atoms with Gasteiger partial charge in [-0.2, -0.15) is 5.10 Å². The van der Waals surface area contributed by atoms with Crippen LogP contribution >= 0.6 is 11.6 Å². The van der Waals surface area contributed by atoms with E-state index in [4.69, 9.17) is 11.6 Å². The van der Waals surface area contributed by atoms with Crippen LogP contribution in [0.15, 0.2) is 29.4 Å². The van der Waals surface area contributed by atoms with E-state index in [1.807, 2.05) is 6.92 Å². The fourth-order valence-electron chi connectivity index (χ4n) is 1.71. The summed E-state index contributed by atoms with van der Waals surface area (Å²) in [6, 6.07) is 6.54. The molecule has 0 aromatic heterocycles. The van der Waals surface area contributed by atoms with Crippen LogP contribution in [0.3, 0.4) is 0 Å². The molecule has 100 valence electrons. The molecular weight excluding hydrogens is 266 g/mol. The number of hydrazone groups is 1. The van der Waals surface area contributed by atoms with Crippen molar-refractivity contribution in [3.63, 3.8) is 0 Å². The van der Waals surface area contributed by atoms with Gasteiger partial charge in [-0.05, 0) is 19.4 Å². The van der Waals surface area contributed by atoms with E-state index in [1.165, 1.54) is 6.21 Å². The number of nitrogens with one attached hydrogen (secondary N) is 1. The number of hydrogen-bond acceptors (Lipinski definition) is 3. The first-order valence-corrected chi connectivity index (χ1v) is 6.31. The zero-order valence-corrected chi connectivity index (χ0v) is 11.4. The molecule has 1 aromatic carbocycles. The number of amides is 3. The largest absolute Gasteiger partial charge is 0.346 e. The second kappa shape index (κ2) is 5.01. The van der Waals surface area contributed by atoms with E-state index in [-0.39, 0.29) is 5.91 Å². The number of halogens is 1. The zero-order valence-electron chi connectivity index (χ0n) is 10.7. The summed E-state index contributed by atoms with van der Waals surface area (Å²) in [5.41, 5.74) is -0.232. The molecule has 1 N–H and O–H groups in total. The average molecular weight is 280 g/mol. The van der Waals surface area contributed by atoms with Gasteiger partial charge in [-0.15, -0.1) is 5.01 Å². The minimum absolute atomic E-state index is 0.358. The molecule has 6 heteroatoms. The lowest BCUT2D eigenvalue weighted by atomic mass is 10.00. The number of nitrogens with zero attached hydrogens (tertiary/aromatic N) is 2. The monoisotopic (exact) mass is 279 g/mol. The van der Waals surface area contributed by atoms with Gasteiger partial charge in [0.05, 0.1) is 6.21 Å². The van der Waals surface area contributed by atoms with Crippen molar-refractivity contribution in [1.82, 2.24) is 10.3 Å². The summed E-state index contributed by atoms with van der Waals surface area (Å²) >= 11 is 5.97. The fraction of sp³-hybridized carbons (Fsp3) is 0.308. The van der Waals surface area contributed by atoms with Crippen molar-refractivity contribution >= 4 is 29.8 Å². The Morgan fingerprint density at radius 1 is 1.42 bits per heavy atom. The lowest BCUT2D eigenvalue weighted by molar-refractivity contribution is -0.130. The highest BCUT2D eigenvalue weighted by atomic mass is 35.5. The highest BCUT2D eigenvalue weighted by Crippen LogP contribution is 2.21. The molecule has 1 aromatic rings. The molecule has 0 saturated carbocycles. The van der Waals surface area contributed by atoms with Crippen molar-refractivity contribution in [3.05, 3.63) is 34.9 Å². The molecule has 0 aliphatic carbocycles. The number of imide groups is 1. The Balaban J connectivity index is 2.23. The van der Waals surface area contributed by atoms with Crippen molar-refractivity contribution in [3.8, 4) is 0 Å². The van der Waals surface area contributed by atoms with Gasteiger partial charge in [-0.3, -0.25) is 4.79 Å². The molecule has 0 radical (unpaired) electrons. The topological polar surface area (TPSA) is 61.8 Å². The Morgan fingerprint density at radius 3 is 2.68 bits per heavy atom. The second-order valence-electron chi connectivity index (χ2n) is 4.50. The van der Waals surface area contributed by atoms with E-state index in [9.17, 15) is 9.59 Å². The van der Waals surface area contributed by atoms with Gasteiger partial charge >= 0.3 is 6.03 Å². The van der Waals surface area contributed by atoms with Gasteiger partial charge in [-0.1, -0.05) is 36.7 Å². The van der Waals surface area contributed by atoms with Gasteiger partial charge < -0.3 is 5.32 Å². The van der Waals surface area contributed by atoms with Crippen LogP contribution in [0.5, 0.6) is 0 Å². The summed E-state index contributed by atoms with van der Waals surface area (Å²) < 4.78 is 0. The molecule has 2 rings (SSSR count). The number of benzene rings is 1. The number of carbonyl (C=O) groups is 2. The molecule has 1 saturated heterocycles. The molecule has 5 nitrogen and oxygen atoms in total. The highest BCUT2D eigenvalue weighted by Gasteiger charge is 2.46. The van der Waals surface area contributed by atoms with Gasteiger partial charge in [0.25, 0.3) is 5.91 Å². The van der Waals surface area contributed by atoms with Gasteiger partial charge in [0.2, 0.25) is 0 Å². The first kappa shape index (κ1) is 13.5. The van der Waals surface area contributed by atoms with Crippen molar-refractivity contribution in [1.29, 1.82) is 0 Å². The maximum absolute atomic E-state index is 12.1. The van der Waals surface area contributed by atoms with Crippen LogP contribution < -0.4 is 5.32 Å². The number of hydrogen-bond donors (Lipinski definition) is 1. The summed E-state index contributed by atoms with van der Waals surface area (Å²) in [4.78, 5) is 23.8. The fourth-order valence-corrected chi connectivity index (χ4v) is 1.90. The van der Waals surface area contributed by atoms with Crippen LogP contribution in [0.1, 0.15) is 25.8 Å². The molecule has 1 aliphatic heterocycles. The lowest BCUT2D eigenvalue weighted by Crippen LogP contribution is -2.42. The number of urea groups is 1. The maximum Gasteiger partial charge on any atom is 0.346 e. The smallest absolute Gasteiger partial charge is 0.322 e. The summed E-state index contributed by atoms with van der Waals surface area (Å²) in [7, 11) is 0. The molecule has 0 unspecified atom stereocenters. The number of rotatable bonds is 3. The summed E-state index contributed by atoms with van der Waals surface area (Å²) in [5, 5.41) is 7.89. The SMILES string of the molecule is CC[C@@]1(C)NC(=O)N(/N=C\c2ccccc2Cl)C1=O. The second-order valence-corrected chi connectivity index (χ2v) is 4.91. The molecule has 0 bridgehead atoms. The zero-order chi connectivity index (χ0) is 14.0. The van der Waals surface area contributed by atoms with Crippen molar-refractivity contribution in [2.24, 2.45) is 5.10 Å². The first-order chi connectivity index (χ1) is 8.98. The van der Waals surface area contributed by atoms with Crippen LogP contribution in [-0.4, -0.2) is 28.7 Å². The van der Waals surface area contributed by atoms with E-state index in [1.54, 1.807) is 31.2 Å². The van der Waals surface area contributed by atoms with Gasteiger partial charge in [0, 0.05) is 10.6 Å². The quantitative estimate of drug-likeness (QED) is 0.682. The van der Waals surface area contributed by atoms with Crippen LogP contribution in [0.2, 0.25) is 5.02 Å². The third kappa shape index (κ3) is 2.46. The standard InChI is InChI=1S/C13H14ClN3O2/c1-3-13(2)11(18)17(12(19)16-13)15-8-9-6-4-5-7-10(9)14/h4-8H,3H2,1-2H3,(H,16,19)/b15-8-/t13-/m1/s1. The van der Waals surface area contributed by atoms with Crippen LogP contribution in [0.4, 0.5) is 4.79 Å². The third-order valence-corrected chi connectivity index (χ3v) is 3.51. The van der Waals surface area contributed by atoms with E-state index in [0.29, 0.717) is 17.0 Å². The molecule has 0 spiro atoms. The molecule has 1 atom stereocenters. The van der Waals surface area contributed by atoms with Gasteiger partial charge in [0.15, 0.2) is 0 Å². The highest BCUT2D eigenvalue weighted by molar-refractivity contribution is 6.33. The predicted octanol–water partition coefficient (Wildman–Crippen LogP) is 2.39. The van der Waals surface area contributed by atoms with Crippen LogP contribution in [0.25, 0.3) is 0 Å². The van der Waals surface area contributed by atoms with Crippen molar-refractivity contribution in [2.45, 2.75) is 25.8 Å². The van der Waals surface area contributed by atoms with E-state index in [2.05, 4.69) is 10.4 Å². The Hall–Kier alpha value is -1.88. The van der Waals surface area contributed by atoms with Gasteiger partial charge in [-0.25, -0.2) is 4.79 Å². The van der Waals surface area contributed by atoms with Crippen LogP contribution in [-0.2, 0) is 4.79 Å². The summed E-state index contributed by atoms with van der Waals surface area (Å²) in [6.45, 7) is 3.51. The first-order valence-electron chi connectivity index (χ1n) is 5.93. The average Bonchev–Trinajstić information content (AvgIpc) is 2.61. The Morgan fingerprint density at radius 2 is 2.11 bits per heavy atom. The minimum atomic E-state index is -0.880. The molecule has 19 heavy (non-hydrogen) atoms. The maximum atomic E-state index is 12.1. The predicted molar refractivity (Wildman–Crippen MR) is 73.1 cm³/mol. The molecule has 3 amide bonds. The van der Waals surface area contributed by atoms with E-state index < -0.39 is 11.6 Å². The third-order valence-electron chi connectivity index (χ3n) is 3.16. The molecule has 1 heterocycles. The Bertz CT molecular complexity index is 559. The van der Waals surface area contributed by atoms with E-state index >= 15 is 0 Å². The van der Waals surface area contributed by atoms with E-state index in [0.717, 1.165) is 5.01 Å². The lowest BCUT2D eigenvalue weighted by Gasteiger charge is -2.17. The summed E-state index contributed by atoms with van der Waals surface area (Å²) in [5.74, 6) is -0.358. The van der Waals surface area contributed by atoms with Crippen molar-refractivity contribution in [2.75, 3.05) is 0 Å². The molecule has 1 aliphatic rings. The Kier molecular flexibility index (Phi) is 3.57. The molecular formula is C13H14ClN3O2. The van der Waals surface area contributed by atoms with Crippen molar-refractivity contribution < 1.29 is 9.59 Å². The molecule has 1 fully saturated rings. The normalized spacial score (nSPS) is 23.2. The Labute approximate surface area is 116 Å². The number of carbonyl (C=O) groups excluding carboxylic acids is 2. The van der Waals surface area contributed by atoms with Crippen LogP contribution in [0, 0.1) is 0 Å². The summed E-state index contributed by atoms with van der Waals surface area (Å²) in [6.07, 6.45) is 1.91. The minimum Gasteiger partial charge on any atom is -0.322 e.